The Kier molecular flexibility index (Phi) is 5.44. The average molecular weight is 310 g/mol. The molecule has 0 saturated carbocycles. The first kappa shape index (κ1) is 16.2. The fourth-order valence-corrected chi connectivity index (χ4v) is 3.42. The van der Waals surface area contributed by atoms with Crippen molar-refractivity contribution >= 4 is 0 Å². The molecule has 1 aliphatic rings. The van der Waals surface area contributed by atoms with Gasteiger partial charge in [-0.05, 0) is 36.4 Å². The number of benzene rings is 2. The van der Waals surface area contributed by atoms with Gasteiger partial charge in [0.25, 0.3) is 0 Å². The van der Waals surface area contributed by atoms with Gasteiger partial charge in [0.1, 0.15) is 0 Å². The minimum atomic E-state index is -0.482. The van der Waals surface area contributed by atoms with Crippen LogP contribution < -0.4 is 5.73 Å². The van der Waals surface area contributed by atoms with Crippen LogP contribution in [0.1, 0.15) is 23.5 Å². The molecule has 3 heteroatoms. The molecular formula is C20H26N2O. The second-order valence-corrected chi connectivity index (χ2v) is 6.58. The van der Waals surface area contributed by atoms with Crippen molar-refractivity contribution in [3.8, 4) is 0 Å². The molecule has 0 aromatic heterocycles. The van der Waals surface area contributed by atoms with Crippen molar-refractivity contribution in [2.45, 2.75) is 30.9 Å². The van der Waals surface area contributed by atoms with E-state index in [-0.39, 0.29) is 6.04 Å². The van der Waals surface area contributed by atoms with E-state index in [2.05, 4.69) is 47.4 Å². The van der Waals surface area contributed by atoms with Gasteiger partial charge in [0.05, 0.1) is 6.10 Å². The van der Waals surface area contributed by atoms with Gasteiger partial charge in [0.15, 0.2) is 0 Å². The highest BCUT2D eigenvalue weighted by atomic mass is 16.3. The standard InChI is InChI=1S/C20H26N2O/c21-19(13-16-7-3-1-4-8-16)20(23)15-22-12-11-18(14-22)17-9-5-2-6-10-17/h1-10,18-20,23H,11-15,21H2/t18?,19-,20+/m1/s1. The molecular weight excluding hydrogens is 284 g/mol. The van der Waals surface area contributed by atoms with Gasteiger partial charge >= 0.3 is 0 Å². The Labute approximate surface area is 138 Å². The van der Waals surface area contributed by atoms with Crippen LogP contribution in [0.2, 0.25) is 0 Å². The molecule has 1 heterocycles. The number of nitrogens with zero attached hydrogens (tertiary/aromatic N) is 1. The molecule has 3 N–H and O–H groups in total. The third-order valence-electron chi connectivity index (χ3n) is 4.80. The lowest BCUT2D eigenvalue weighted by atomic mass is 9.99. The van der Waals surface area contributed by atoms with Crippen molar-refractivity contribution in [2.24, 2.45) is 5.73 Å². The lowest BCUT2D eigenvalue weighted by Gasteiger charge is -2.24. The van der Waals surface area contributed by atoms with Crippen molar-refractivity contribution in [2.75, 3.05) is 19.6 Å². The number of β-amino-alcohol motifs (C(OH)–C–C–N with tert-alkyl or cyclic N) is 1. The zero-order valence-corrected chi connectivity index (χ0v) is 13.5. The monoisotopic (exact) mass is 310 g/mol. The number of aliphatic hydroxyl groups is 1. The predicted molar refractivity (Wildman–Crippen MR) is 94.4 cm³/mol. The van der Waals surface area contributed by atoms with Gasteiger partial charge in [-0.15, -0.1) is 0 Å². The van der Waals surface area contributed by atoms with Gasteiger partial charge in [-0.3, -0.25) is 0 Å². The first-order valence-corrected chi connectivity index (χ1v) is 8.47. The van der Waals surface area contributed by atoms with Crippen LogP contribution in [0.4, 0.5) is 0 Å². The van der Waals surface area contributed by atoms with Gasteiger partial charge in [-0.2, -0.15) is 0 Å². The quantitative estimate of drug-likeness (QED) is 0.861. The van der Waals surface area contributed by atoms with Crippen LogP contribution in [-0.2, 0) is 6.42 Å². The number of rotatable bonds is 6. The van der Waals surface area contributed by atoms with E-state index in [1.54, 1.807) is 0 Å². The Morgan fingerprint density at radius 2 is 1.70 bits per heavy atom. The second kappa shape index (κ2) is 7.73. The number of nitrogens with two attached hydrogens (primary N) is 1. The molecule has 3 rings (SSSR count). The van der Waals surface area contributed by atoms with Gasteiger partial charge < -0.3 is 15.7 Å². The third kappa shape index (κ3) is 4.41. The second-order valence-electron chi connectivity index (χ2n) is 6.58. The topological polar surface area (TPSA) is 49.5 Å². The van der Waals surface area contributed by atoms with E-state index in [0.717, 1.165) is 25.9 Å². The highest BCUT2D eigenvalue weighted by Crippen LogP contribution is 2.27. The van der Waals surface area contributed by atoms with E-state index in [0.29, 0.717) is 12.5 Å². The SMILES string of the molecule is N[C@H](Cc1ccccc1)[C@@H](O)CN1CCC(c2ccccc2)C1. The molecule has 1 fully saturated rings. The van der Waals surface area contributed by atoms with Crippen molar-refractivity contribution in [1.29, 1.82) is 0 Å². The third-order valence-corrected chi connectivity index (χ3v) is 4.80. The van der Waals surface area contributed by atoms with E-state index < -0.39 is 6.10 Å². The molecule has 0 radical (unpaired) electrons. The molecule has 1 saturated heterocycles. The Morgan fingerprint density at radius 3 is 2.39 bits per heavy atom. The zero-order chi connectivity index (χ0) is 16.1. The summed E-state index contributed by atoms with van der Waals surface area (Å²) in [5.74, 6) is 0.578. The van der Waals surface area contributed by atoms with E-state index >= 15 is 0 Å². The van der Waals surface area contributed by atoms with Gasteiger partial charge in [-0.1, -0.05) is 60.7 Å². The van der Waals surface area contributed by atoms with Gasteiger partial charge in [-0.25, -0.2) is 0 Å². The van der Waals surface area contributed by atoms with E-state index in [1.165, 1.54) is 11.1 Å². The van der Waals surface area contributed by atoms with Crippen LogP contribution >= 0.6 is 0 Å². The maximum Gasteiger partial charge on any atom is 0.0820 e. The highest BCUT2D eigenvalue weighted by molar-refractivity contribution is 5.21. The molecule has 2 aromatic rings. The van der Waals surface area contributed by atoms with Gasteiger partial charge in [0.2, 0.25) is 0 Å². The molecule has 0 bridgehead atoms. The summed E-state index contributed by atoms with van der Waals surface area (Å²) >= 11 is 0. The molecule has 1 aliphatic heterocycles. The lowest BCUT2D eigenvalue weighted by molar-refractivity contribution is 0.101. The molecule has 3 atom stereocenters. The van der Waals surface area contributed by atoms with E-state index in [1.807, 2.05) is 18.2 Å². The minimum Gasteiger partial charge on any atom is -0.390 e. The predicted octanol–water partition coefficient (Wildman–Crippen LogP) is 2.41. The number of aliphatic hydroxyl groups excluding tert-OH is 1. The Morgan fingerprint density at radius 1 is 1.04 bits per heavy atom. The summed E-state index contributed by atoms with van der Waals surface area (Å²) in [6, 6.07) is 20.6. The van der Waals surface area contributed by atoms with Crippen LogP contribution in [0.25, 0.3) is 0 Å². The first-order chi connectivity index (χ1) is 11.2. The fourth-order valence-electron chi connectivity index (χ4n) is 3.42. The first-order valence-electron chi connectivity index (χ1n) is 8.47. The highest BCUT2D eigenvalue weighted by Gasteiger charge is 2.26. The molecule has 0 aliphatic carbocycles. The molecule has 3 nitrogen and oxygen atoms in total. The van der Waals surface area contributed by atoms with Crippen LogP contribution in [0, 0.1) is 0 Å². The molecule has 122 valence electrons. The van der Waals surface area contributed by atoms with Gasteiger partial charge in [0, 0.05) is 19.1 Å². The summed E-state index contributed by atoms with van der Waals surface area (Å²) in [6.07, 6.45) is 1.40. The number of likely N-dealkylation sites (tertiary alicyclic amines) is 1. The molecule has 0 spiro atoms. The molecule has 0 amide bonds. The summed E-state index contributed by atoms with van der Waals surface area (Å²) in [7, 11) is 0. The van der Waals surface area contributed by atoms with Crippen molar-refractivity contribution in [3.05, 3.63) is 71.8 Å². The van der Waals surface area contributed by atoms with Crippen LogP contribution in [0.3, 0.4) is 0 Å². The van der Waals surface area contributed by atoms with Crippen molar-refractivity contribution < 1.29 is 5.11 Å². The number of hydrogen-bond donors (Lipinski definition) is 2. The molecule has 1 unspecified atom stereocenters. The summed E-state index contributed by atoms with van der Waals surface area (Å²) in [5, 5.41) is 10.4. The largest absolute Gasteiger partial charge is 0.390 e. The summed E-state index contributed by atoms with van der Waals surface area (Å²) in [6.45, 7) is 2.71. The van der Waals surface area contributed by atoms with Crippen LogP contribution in [0.15, 0.2) is 60.7 Å². The zero-order valence-electron chi connectivity index (χ0n) is 13.5. The normalized spacial score (nSPS) is 21.2. The van der Waals surface area contributed by atoms with Crippen LogP contribution in [0.5, 0.6) is 0 Å². The molecule has 23 heavy (non-hydrogen) atoms. The van der Waals surface area contributed by atoms with E-state index in [4.69, 9.17) is 5.73 Å². The summed E-state index contributed by atoms with van der Waals surface area (Å²) < 4.78 is 0. The van der Waals surface area contributed by atoms with Crippen molar-refractivity contribution in [1.82, 2.24) is 4.90 Å². The maximum atomic E-state index is 10.4. The van der Waals surface area contributed by atoms with Crippen LogP contribution in [-0.4, -0.2) is 41.8 Å². The van der Waals surface area contributed by atoms with Crippen molar-refractivity contribution in [3.63, 3.8) is 0 Å². The lowest BCUT2D eigenvalue weighted by Crippen LogP contribution is -2.44. The minimum absolute atomic E-state index is 0.215. The Hall–Kier alpha value is -1.68. The Balaban J connectivity index is 1.49. The molecule has 2 aromatic carbocycles. The summed E-state index contributed by atoms with van der Waals surface area (Å²) in [5.41, 5.74) is 8.78. The average Bonchev–Trinajstić information content (AvgIpc) is 3.05. The smallest absolute Gasteiger partial charge is 0.0820 e. The van der Waals surface area contributed by atoms with E-state index in [9.17, 15) is 5.11 Å². The fraction of sp³-hybridized carbons (Fsp3) is 0.400. The summed E-state index contributed by atoms with van der Waals surface area (Å²) in [4.78, 5) is 2.34. The number of hydrogen-bond acceptors (Lipinski definition) is 3. The Bertz CT molecular complexity index is 587. The maximum absolute atomic E-state index is 10.4.